The van der Waals surface area contributed by atoms with Crippen molar-refractivity contribution in [2.45, 2.75) is 51.6 Å². The Morgan fingerprint density at radius 2 is 1.89 bits per heavy atom. The van der Waals surface area contributed by atoms with Gasteiger partial charge in [-0.05, 0) is 63.8 Å². The molecule has 3 aliphatic rings. The molecule has 2 N–H and O–H groups in total. The molecule has 5 rings (SSSR count). The van der Waals surface area contributed by atoms with Crippen LogP contribution < -0.4 is 20.4 Å². The maximum atomic E-state index is 12.1. The fourth-order valence-electron chi connectivity index (χ4n) is 4.97. The molecular weight excluding hydrogens is 442 g/mol. The summed E-state index contributed by atoms with van der Waals surface area (Å²) >= 11 is 0. The molecule has 1 aromatic heterocycles. The summed E-state index contributed by atoms with van der Waals surface area (Å²) in [4.78, 5) is 39.9. The molecule has 9 nitrogen and oxygen atoms in total. The van der Waals surface area contributed by atoms with E-state index in [0.717, 1.165) is 63.1 Å². The first-order valence-corrected chi connectivity index (χ1v) is 12.7. The lowest BCUT2D eigenvalue weighted by Gasteiger charge is -2.38. The quantitative estimate of drug-likeness (QED) is 0.536. The van der Waals surface area contributed by atoms with Gasteiger partial charge in [-0.3, -0.25) is 19.4 Å². The number of aromatic nitrogens is 2. The third-order valence-electron chi connectivity index (χ3n) is 7.30. The van der Waals surface area contributed by atoms with Crippen molar-refractivity contribution in [3.05, 3.63) is 36.0 Å². The van der Waals surface area contributed by atoms with Crippen LogP contribution in [0.5, 0.6) is 0 Å². The van der Waals surface area contributed by atoms with E-state index in [-0.39, 0.29) is 17.9 Å². The first-order valence-electron chi connectivity index (χ1n) is 12.7. The van der Waals surface area contributed by atoms with Gasteiger partial charge in [0.15, 0.2) is 0 Å². The van der Waals surface area contributed by atoms with Gasteiger partial charge in [0.05, 0.1) is 0 Å². The number of carbonyl (C=O) groups is 2. The Hall–Kier alpha value is -3.20. The summed E-state index contributed by atoms with van der Waals surface area (Å²) in [6.45, 7) is 9.42. The van der Waals surface area contributed by atoms with Gasteiger partial charge in [-0.15, -0.1) is 0 Å². The summed E-state index contributed by atoms with van der Waals surface area (Å²) in [5.41, 5.74) is 2.95. The number of piperazine rings is 1. The molecule has 0 spiro atoms. The SMILES string of the molecule is CC(C)N1CCN(c2ccc(Nc3ncc(CC4CCNC4=O)c(N(C=O)C4CC4)n3)cc2)CC1. The molecule has 0 bridgehead atoms. The van der Waals surface area contributed by atoms with Crippen molar-refractivity contribution in [3.8, 4) is 0 Å². The van der Waals surface area contributed by atoms with Gasteiger partial charge in [0, 0.05) is 73.9 Å². The van der Waals surface area contributed by atoms with Crippen LogP contribution in [0.2, 0.25) is 0 Å². The maximum absolute atomic E-state index is 12.1. The Kier molecular flexibility index (Phi) is 6.86. The first kappa shape index (κ1) is 23.5. The Bertz CT molecular complexity index is 1050. The summed E-state index contributed by atoms with van der Waals surface area (Å²) in [7, 11) is 0. The lowest BCUT2D eigenvalue weighted by atomic mass is 9.99. The Balaban J connectivity index is 1.30. The summed E-state index contributed by atoms with van der Waals surface area (Å²) in [6, 6.07) is 9.12. The smallest absolute Gasteiger partial charge is 0.229 e. The molecular formula is C26H35N7O2. The number of nitrogens with one attached hydrogen (secondary N) is 2. The van der Waals surface area contributed by atoms with Crippen LogP contribution in [0.3, 0.4) is 0 Å². The van der Waals surface area contributed by atoms with Crippen LogP contribution >= 0.6 is 0 Å². The fourth-order valence-corrected chi connectivity index (χ4v) is 4.97. The zero-order valence-electron chi connectivity index (χ0n) is 20.6. The van der Waals surface area contributed by atoms with Gasteiger partial charge in [0.25, 0.3) is 0 Å². The minimum absolute atomic E-state index is 0.0629. The minimum atomic E-state index is -0.0983. The molecule has 1 aliphatic carbocycles. The molecule has 2 saturated heterocycles. The van der Waals surface area contributed by atoms with E-state index in [9.17, 15) is 9.59 Å². The van der Waals surface area contributed by atoms with E-state index in [4.69, 9.17) is 4.98 Å². The normalized spacial score (nSPS) is 20.7. The average Bonchev–Trinajstić information content (AvgIpc) is 3.63. The van der Waals surface area contributed by atoms with Gasteiger partial charge in [0.2, 0.25) is 18.3 Å². The molecule has 2 amide bonds. The number of carbonyl (C=O) groups excluding carboxylic acids is 2. The second-order valence-corrected chi connectivity index (χ2v) is 10.1. The highest BCUT2D eigenvalue weighted by Crippen LogP contribution is 2.33. The van der Waals surface area contributed by atoms with Gasteiger partial charge in [0.1, 0.15) is 5.82 Å². The van der Waals surface area contributed by atoms with Gasteiger partial charge in [-0.1, -0.05) is 0 Å². The number of hydrogen-bond donors (Lipinski definition) is 2. The Labute approximate surface area is 206 Å². The predicted molar refractivity (Wildman–Crippen MR) is 137 cm³/mol. The molecule has 1 atom stereocenters. The zero-order chi connectivity index (χ0) is 24.4. The molecule has 1 saturated carbocycles. The van der Waals surface area contributed by atoms with E-state index in [1.54, 1.807) is 11.1 Å². The predicted octanol–water partition coefficient (Wildman–Crippen LogP) is 2.55. The van der Waals surface area contributed by atoms with Crippen LogP contribution in [0.15, 0.2) is 30.5 Å². The number of nitrogens with zero attached hydrogens (tertiary/aromatic N) is 5. The summed E-state index contributed by atoms with van der Waals surface area (Å²) in [5.74, 6) is 1.02. The van der Waals surface area contributed by atoms with Crippen LogP contribution in [0.4, 0.5) is 23.1 Å². The van der Waals surface area contributed by atoms with Crippen molar-refractivity contribution in [2.75, 3.05) is 47.8 Å². The molecule has 1 unspecified atom stereocenters. The van der Waals surface area contributed by atoms with Crippen molar-refractivity contribution in [1.29, 1.82) is 0 Å². The highest BCUT2D eigenvalue weighted by Gasteiger charge is 2.33. The first-order chi connectivity index (χ1) is 17.0. The van der Waals surface area contributed by atoms with E-state index in [1.807, 2.05) is 12.1 Å². The minimum Gasteiger partial charge on any atom is -0.369 e. The standard InChI is InChI=1S/C26H35N7O2/c1-18(2)31-11-13-32(14-12-31)22-5-3-21(4-6-22)29-26-28-16-20(15-19-9-10-27-25(19)35)24(30-26)33(17-34)23-7-8-23/h3-6,16-19,23H,7-15H2,1-2H3,(H,27,35)(H,28,29,30). The van der Waals surface area contributed by atoms with Gasteiger partial charge in [-0.25, -0.2) is 4.98 Å². The van der Waals surface area contributed by atoms with E-state index < -0.39 is 0 Å². The van der Waals surface area contributed by atoms with E-state index in [0.29, 0.717) is 30.8 Å². The number of rotatable bonds is 9. The Morgan fingerprint density at radius 3 is 2.49 bits per heavy atom. The molecule has 9 heteroatoms. The number of anilines is 4. The molecule has 2 aliphatic heterocycles. The molecule has 186 valence electrons. The summed E-state index contributed by atoms with van der Waals surface area (Å²) in [6.07, 6.45) is 5.90. The van der Waals surface area contributed by atoms with Crippen LogP contribution in [0.25, 0.3) is 0 Å². The van der Waals surface area contributed by atoms with E-state index >= 15 is 0 Å². The third-order valence-corrected chi connectivity index (χ3v) is 7.30. The van der Waals surface area contributed by atoms with Crippen molar-refractivity contribution in [2.24, 2.45) is 5.92 Å². The molecule has 0 radical (unpaired) electrons. The zero-order valence-corrected chi connectivity index (χ0v) is 20.6. The molecule has 2 aromatic rings. The maximum Gasteiger partial charge on any atom is 0.229 e. The van der Waals surface area contributed by atoms with Crippen molar-refractivity contribution < 1.29 is 9.59 Å². The number of amides is 2. The van der Waals surface area contributed by atoms with Gasteiger partial charge >= 0.3 is 0 Å². The average molecular weight is 478 g/mol. The molecule has 35 heavy (non-hydrogen) atoms. The van der Waals surface area contributed by atoms with Gasteiger partial charge < -0.3 is 15.5 Å². The number of hydrogen-bond acceptors (Lipinski definition) is 7. The van der Waals surface area contributed by atoms with Crippen LogP contribution in [-0.2, 0) is 16.0 Å². The molecule has 1 aromatic carbocycles. The van der Waals surface area contributed by atoms with E-state index in [2.05, 4.69) is 51.4 Å². The largest absolute Gasteiger partial charge is 0.369 e. The highest BCUT2D eigenvalue weighted by atomic mass is 16.2. The van der Waals surface area contributed by atoms with Crippen molar-refractivity contribution in [3.63, 3.8) is 0 Å². The lowest BCUT2D eigenvalue weighted by Crippen LogP contribution is -2.48. The van der Waals surface area contributed by atoms with Crippen molar-refractivity contribution in [1.82, 2.24) is 20.2 Å². The second kappa shape index (κ2) is 10.2. The third kappa shape index (κ3) is 5.40. The molecule has 3 fully saturated rings. The van der Waals surface area contributed by atoms with Crippen molar-refractivity contribution >= 4 is 35.5 Å². The monoisotopic (exact) mass is 477 g/mol. The van der Waals surface area contributed by atoms with Crippen LogP contribution in [0.1, 0.15) is 38.7 Å². The fraction of sp³-hybridized carbons (Fsp3) is 0.538. The van der Waals surface area contributed by atoms with Gasteiger partial charge in [-0.2, -0.15) is 4.98 Å². The topological polar surface area (TPSA) is 93.7 Å². The Morgan fingerprint density at radius 1 is 1.14 bits per heavy atom. The second-order valence-electron chi connectivity index (χ2n) is 10.1. The van der Waals surface area contributed by atoms with Crippen LogP contribution in [0, 0.1) is 5.92 Å². The lowest BCUT2D eigenvalue weighted by molar-refractivity contribution is -0.122. The van der Waals surface area contributed by atoms with E-state index in [1.165, 1.54) is 5.69 Å². The highest BCUT2D eigenvalue weighted by molar-refractivity contribution is 5.82. The summed E-state index contributed by atoms with van der Waals surface area (Å²) < 4.78 is 0. The molecule has 3 heterocycles. The number of benzene rings is 1. The summed E-state index contributed by atoms with van der Waals surface area (Å²) in [5, 5.41) is 6.18. The van der Waals surface area contributed by atoms with Crippen LogP contribution in [-0.4, -0.2) is 72.0 Å².